The average molecular weight is 329 g/mol. The number of anilines is 1. The summed E-state index contributed by atoms with van der Waals surface area (Å²) in [6.45, 7) is 6.28. The summed E-state index contributed by atoms with van der Waals surface area (Å²) in [6.07, 6.45) is 6.34. The predicted octanol–water partition coefficient (Wildman–Crippen LogP) is 1.86. The summed E-state index contributed by atoms with van der Waals surface area (Å²) < 4.78 is 5.69. The fourth-order valence-corrected chi connectivity index (χ4v) is 2.69. The van der Waals surface area contributed by atoms with Crippen LogP contribution >= 0.6 is 0 Å². The van der Waals surface area contributed by atoms with E-state index in [2.05, 4.69) is 24.1 Å². The number of carbonyl (C=O) groups excluding carboxylic acids is 2. The number of carbonyl (C=O) groups is 2. The molecule has 0 aromatic carbocycles. The van der Waals surface area contributed by atoms with E-state index in [1.807, 2.05) is 6.07 Å². The van der Waals surface area contributed by atoms with Gasteiger partial charge in [0.2, 0.25) is 11.8 Å². The van der Waals surface area contributed by atoms with Gasteiger partial charge in [0.05, 0.1) is 6.10 Å². The van der Waals surface area contributed by atoms with Crippen LogP contribution in [-0.4, -0.2) is 47.5 Å². The Bertz CT molecular complexity index is 663. The van der Waals surface area contributed by atoms with Gasteiger partial charge in [-0.2, -0.15) is 0 Å². The van der Waals surface area contributed by atoms with Crippen LogP contribution in [0.4, 0.5) is 5.82 Å². The number of pyridine rings is 1. The number of likely N-dealkylation sites (tertiary alicyclic amines) is 1. The van der Waals surface area contributed by atoms with Crippen LogP contribution in [0.3, 0.4) is 0 Å². The van der Waals surface area contributed by atoms with E-state index in [1.165, 1.54) is 0 Å². The second kappa shape index (κ2) is 7.13. The molecule has 1 aromatic rings. The van der Waals surface area contributed by atoms with E-state index in [-0.39, 0.29) is 17.9 Å². The molecule has 24 heavy (non-hydrogen) atoms. The van der Waals surface area contributed by atoms with Crippen molar-refractivity contribution < 1.29 is 14.3 Å². The van der Waals surface area contributed by atoms with Crippen molar-refractivity contribution in [3.05, 3.63) is 29.5 Å². The van der Waals surface area contributed by atoms with Crippen LogP contribution in [0.25, 0.3) is 6.08 Å². The number of nitrogens with zero attached hydrogens (tertiary/aromatic N) is 2. The third-order valence-electron chi connectivity index (χ3n) is 4.11. The van der Waals surface area contributed by atoms with E-state index in [9.17, 15) is 9.59 Å². The monoisotopic (exact) mass is 329 g/mol. The average Bonchev–Trinajstić information content (AvgIpc) is 2.51. The molecule has 0 radical (unpaired) electrons. The van der Waals surface area contributed by atoms with E-state index >= 15 is 0 Å². The number of hydrogen-bond acceptors (Lipinski definition) is 4. The second-order valence-corrected chi connectivity index (χ2v) is 6.75. The molecule has 0 unspecified atom stereocenters. The highest BCUT2D eigenvalue weighted by atomic mass is 16.5. The maximum atomic E-state index is 12.1. The summed E-state index contributed by atoms with van der Waals surface area (Å²) in [6, 6.07) is 1.97. The van der Waals surface area contributed by atoms with Gasteiger partial charge < -0.3 is 15.0 Å². The molecule has 3 heterocycles. The van der Waals surface area contributed by atoms with Crippen LogP contribution in [0.5, 0.6) is 0 Å². The van der Waals surface area contributed by atoms with Gasteiger partial charge in [0.1, 0.15) is 5.82 Å². The standard InChI is InChI=1S/C18H23N3O3/c1-12(2)11-24-15-9-21(10-15)17(23)6-3-13-7-14-4-5-16(22)20-18(14)19-8-13/h3,6-8,12,15H,4-5,9-11H2,1-2H3,(H,19,20,22)/b6-3+. The minimum atomic E-state index is -0.00887. The van der Waals surface area contributed by atoms with Gasteiger partial charge in [0, 0.05) is 38.4 Å². The highest BCUT2D eigenvalue weighted by molar-refractivity contribution is 5.94. The lowest BCUT2D eigenvalue weighted by molar-refractivity contribution is -0.140. The van der Waals surface area contributed by atoms with Gasteiger partial charge in [0.25, 0.3) is 0 Å². The van der Waals surface area contributed by atoms with Gasteiger partial charge in [0.15, 0.2) is 0 Å². The van der Waals surface area contributed by atoms with Gasteiger partial charge in [-0.15, -0.1) is 0 Å². The number of fused-ring (bicyclic) bond motifs is 1. The molecular weight excluding hydrogens is 306 g/mol. The number of hydrogen-bond donors (Lipinski definition) is 1. The first-order chi connectivity index (χ1) is 11.5. The first kappa shape index (κ1) is 16.6. The summed E-state index contributed by atoms with van der Waals surface area (Å²) >= 11 is 0. The minimum Gasteiger partial charge on any atom is -0.374 e. The zero-order valence-corrected chi connectivity index (χ0v) is 14.1. The number of nitrogens with one attached hydrogen (secondary N) is 1. The van der Waals surface area contributed by atoms with E-state index < -0.39 is 0 Å². The van der Waals surface area contributed by atoms with Crippen molar-refractivity contribution >= 4 is 23.7 Å². The molecule has 6 nitrogen and oxygen atoms in total. The molecule has 1 aromatic heterocycles. The topological polar surface area (TPSA) is 71.5 Å². The van der Waals surface area contributed by atoms with E-state index in [0.717, 1.165) is 17.7 Å². The molecule has 0 saturated carbocycles. The number of ether oxygens (including phenoxy) is 1. The zero-order chi connectivity index (χ0) is 17.1. The van der Waals surface area contributed by atoms with Gasteiger partial charge in [-0.1, -0.05) is 13.8 Å². The molecule has 2 aliphatic rings. The van der Waals surface area contributed by atoms with Crippen LogP contribution in [-0.2, 0) is 20.7 Å². The normalized spacial score (nSPS) is 17.8. The lowest BCUT2D eigenvalue weighted by Crippen LogP contribution is -2.54. The molecule has 1 N–H and O–H groups in total. The van der Waals surface area contributed by atoms with E-state index in [1.54, 1.807) is 23.2 Å². The molecule has 0 aliphatic carbocycles. The maximum Gasteiger partial charge on any atom is 0.246 e. The highest BCUT2D eigenvalue weighted by Gasteiger charge is 2.30. The van der Waals surface area contributed by atoms with E-state index in [4.69, 9.17) is 4.74 Å². The first-order valence-corrected chi connectivity index (χ1v) is 8.38. The molecule has 0 bridgehead atoms. The van der Waals surface area contributed by atoms with Crippen LogP contribution < -0.4 is 5.32 Å². The van der Waals surface area contributed by atoms with Crippen molar-refractivity contribution in [1.29, 1.82) is 0 Å². The summed E-state index contributed by atoms with van der Waals surface area (Å²) in [5, 5.41) is 2.75. The Balaban J connectivity index is 1.51. The fourth-order valence-electron chi connectivity index (χ4n) is 2.69. The van der Waals surface area contributed by atoms with Crippen molar-refractivity contribution in [3.8, 4) is 0 Å². The van der Waals surface area contributed by atoms with Crippen LogP contribution in [0.15, 0.2) is 18.3 Å². The minimum absolute atomic E-state index is 0.000457. The van der Waals surface area contributed by atoms with Gasteiger partial charge in [-0.05, 0) is 35.6 Å². The second-order valence-electron chi connectivity index (χ2n) is 6.75. The molecule has 3 rings (SSSR count). The Kier molecular flexibility index (Phi) is 4.94. The summed E-state index contributed by atoms with van der Waals surface area (Å²) in [5.41, 5.74) is 1.88. The summed E-state index contributed by atoms with van der Waals surface area (Å²) in [7, 11) is 0. The lowest BCUT2D eigenvalue weighted by atomic mass is 10.0. The molecule has 1 fully saturated rings. The molecule has 0 atom stereocenters. The molecule has 0 spiro atoms. The smallest absolute Gasteiger partial charge is 0.246 e. The van der Waals surface area contributed by atoms with Crippen LogP contribution in [0.1, 0.15) is 31.4 Å². The summed E-state index contributed by atoms with van der Waals surface area (Å²) in [5.74, 6) is 1.13. The Morgan fingerprint density at radius 3 is 3.00 bits per heavy atom. The van der Waals surface area contributed by atoms with Gasteiger partial charge >= 0.3 is 0 Å². The zero-order valence-electron chi connectivity index (χ0n) is 14.1. The van der Waals surface area contributed by atoms with Crippen LogP contribution in [0.2, 0.25) is 0 Å². The fraction of sp³-hybridized carbons (Fsp3) is 0.500. The summed E-state index contributed by atoms with van der Waals surface area (Å²) in [4.78, 5) is 29.5. The Morgan fingerprint density at radius 1 is 1.46 bits per heavy atom. The Labute approximate surface area is 141 Å². The third-order valence-corrected chi connectivity index (χ3v) is 4.11. The highest BCUT2D eigenvalue weighted by Crippen LogP contribution is 2.21. The molecular formula is C18H23N3O3. The number of aromatic nitrogens is 1. The molecule has 2 aliphatic heterocycles. The lowest BCUT2D eigenvalue weighted by Gasteiger charge is -2.38. The van der Waals surface area contributed by atoms with Crippen LogP contribution in [0, 0.1) is 5.92 Å². The van der Waals surface area contributed by atoms with E-state index in [0.29, 0.717) is 37.7 Å². The molecule has 1 saturated heterocycles. The van der Waals surface area contributed by atoms with Crippen molar-refractivity contribution in [3.63, 3.8) is 0 Å². The quantitative estimate of drug-likeness (QED) is 0.837. The molecule has 128 valence electrons. The number of rotatable bonds is 5. The maximum absolute atomic E-state index is 12.1. The molecule has 6 heteroatoms. The Morgan fingerprint density at radius 2 is 2.25 bits per heavy atom. The van der Waals surface area contributed by atoms with Gasteiger partial charge in [-0.25, -0.2) is 4.98 Å². The number of amides is 2. The largest absolute Gasteiger partial charge is 0.374 e. The Hall–Kier alpha value is -2.21. The van der Waals surface area contributed by atoms with Crippen molar-refractivity contribution in [2.45, 2.75) is 32.8 Å². The first-order valence-electron chi connectivity index (χ1n) is 8.38. The van der Waals surface area contributed by atoms with Gasteiger partial charge in [-0.3, -0.25) is 9.59 Å². The molecule has 2 amide bonds. The predicted molar refractivity (Wildman–Crippen MR) is 91.4 cm³/mol. The van der Waals surface area contributed by atoms with Crippen molar-refractivity contribution in [2.24, 2.45) is 5.92 Å². The SMILES string of the molecule is CC(C)COC1CN(C(=O)/C=C/c2cnc3c(c2)CCC(=O)N3)C1. The third kappa shape index (κ3) is 4.00. The van der Waals surface area contributed by atoms with Crippen molar-refractivity contribution in [1.82, 2.24) is 9.88 Å². The number of aryl methyl sites for hydroxylation is 1. The van der Waals surface area contributed by atoms with Crippen molar-refractivity contribution in [2.75, 3.05) is 25.0 Å².